The molecule has 1 aromatic rings. The van der Waals surface area contributed by atoms with E-state index in [2.05, 4.69) is 13.0 Å². The Morgan fingerprint density at radius 1 is 1.32 bits per heavy atom. The molecule has 2 aliphatic rings. The van der Waals surface area contributed by atoms with Gasteiger partial charge in [-0.3, -0.25) is 4.90 Å². The number of ether oxygens (including phenoxy) is 2. The Bertz CT molecular complexity index is 541. The quantitative estimate of drug-likeness (QED) is 0.799. The lowest BCUT2D eigenvalue weighted by Crippen LogP contribution is -2.56. The van der Waals surface area contributed by atoms with Crippen LogP contribution in [-0.4, -0.2) is 36.3 Å². The first kappa shape index (κ1) is 15.1. The van der Waals surface area contributed by atoms with Crippen LogP contribution in [0.2, 0.25) is 0 Å². The van der Waals surface area contributed by atoms with Gasteiger partial charge in [0, 0.05) is 0 Å². The normalized spacial score (nSPS) is 23.9. The van der Waals surface area contributed by atoms with Gasteiger partial charge >= 0.3 is 6.09 Å². The second kappa shape index (κ2) is 6.97. The number of rotatable bonds is 4. The van der Waals surface area contributed by atoms with E-state index >= 15 is 0 Å². The van der Waals surface area contributed by atoms with E-state index in [4.69, 9.17) is 9.47 Å². The molecule has 1 amide bonds. The molecule has 1 aromatic carbocycles. The molecule has 118 valence electrons. The third kappa shape index (κ3) is 3.33. The molecule has 0 aromatic heterocycles. The Balaban J connectivity index is 1.65. The first-order chi connectivity index (χ1) is 10.8. The van der Waals surface area contributed by atoms with E-state index in [0.717, 1.165) is 24.8 Å². The fourth-order valence-corrected chi connectivity index (χ4v) is 3.27. The molecule has 2 bridgehead atoms. The number of hydrogen-bond donors (Lipinski definition) is 0. The van der Waals surface area contributed by atoms with Crippen LogP contribution < -0.4 is 0 Å². The van der Waals surface area contributed by atoms with Crippen LogP contribution in [0.5, 0.6) is 0 Å². The third-order valence-electron chi connectivity index (χ3n) is 4.26. The molecule has 2 unspecified atom stereocenters. The molecule has 2 aliphatic heterocycles. The molecule has 0 spiro atoms. The first-order valence-corrected chi connectivity index (χ1v) is 8.04. The topological polar surface area (TPSA) is 38.8 Å². The first-order valence-electron chi connectivity index (χ1n) is 8.04. The van der Waals surface area contributed by atoms with Crippen LogP contribution >= 0.6 is 0 Å². The molecule has 1 saturated heterocycles. The Hall–Kier alpha value is -1.81. The lowest BCUT2D eigenvalue weighted by atomic mass is 9.92. The maximum atomic E-state index is 12.5. The van der Waals surface area contributed by atoms with E-state index in [1.165, 1.54) is 5.57 Å². The van der Waals surface area contributed by atoms with Crippen LogP contribution in [0.1, 0.15) is 31.7 Å². The zero-order valence-electron chi connectivity index (χ0n) is 13.0. The average Bonchev–Trinajstić information content (AvgIpc) is 2.53. The summed E-state index contributed by atoms with van der Waals surface area (Å²) in [5.74, 6) is 0. The van der Waals surface area contributed by atoms with E-state index in [0.29, 0.717) is 19.8 Å². The lowest BCUT2D eigenvalue weighted by Gasteiger charge is -2.43. The highest BCUT2D eigenvalue weighted by molar-refractivity contribution is 5.69. The zero-order valence-corrected chi connectivity index (χ0v) is 13.0. The van der Waals surface area contributed by atoms with Crippen molar-refractivity contribution < 1.29 is 14.3 Å². The van der Waals surface area contributed by atoms with Crippen molar-refractivity contribution in [2.24, 2.45) is 0 Å². The summed E-state index contributed by atoms with van der Waals surface area (Å²) in [6, 6.07) is 9.93. The molecular weight excluding hydrogens is 278 g/mol. The Labute approximate surface area is 131 Å². The lowest BCUT2D eigenvalue weighted by molar-refractivity contribution is -0.0375. The minimum atomic E-state index is -0.228. The second-order valence-corrected chi connectivity index (χ2v) is 5.99. The molecule has 0 aliphatic carbocycles. The van der Waals surface area contributed by atoms with Crippen molar-refractivity contribution in [2.75, 3.05) is 13.2 Å². The summed E-state index contributed by atoms with van der Waals surface area (Å²) in [6.45, 7) is 3.69. The van der Waals surface area contributed by atoms with Gasteiger partial charge in [0.1, 0.15) is 6.61 Å². The monoisotopic (exact) mass is 301 g/mol. The van der Waals surface area contributed by atoms with E-state index in [1.54, 1.807) is 0 Å². The molecule has 2 atom stereocenters. The Kier molecular flexibility index (Phi) is 4.78. The van der Waals surface area contributed by atoms with Gasteiger partial charge in [0.2, 0.25) is 0 Å². The van der Waals surface area contributed by atoms with Gasteiger partial charge in [0.05, 0.1) is 25.3 Å². The Morgan fingerprint density at radius 2 is 2.14 bits per heavy atom. The highest BCUT2D eigenvalue weighted by Gasteiger charge is 2.38. The zero-order chi connectivity index (χ0) is 15.4. The molecule has 0 saturated carbocycles. The molecule has 3 rings (SSSR count). The van der Waals surface area contributed by atoms with Crippen LogP contribution in [-0.2, 0) is 16.1 Å². The van der Waals surface area contributed by atoms with Gasteiger partial charge in [-0.1, -0.05) is 55.3 Å². The van der Waals surface area contributed by atoms with Crippen molar-refractivity contribution >= 4 is 6.09 Å². The number of nitrogens with zero attached hydrogens (tertiary/aromatic N) is 1. The summed E-state index contributed by atoms with van der Waals surface area (Å²) < 4.78 is 11.1. The summed E-state index contributed by atoms with van der Waals surface area (Å²) in [4.78, 5) is 14.3. The van der Waals surface area contributed by atoms with Crippen LogP contribution in [0, 0.1) is 0 Å². The van der Waals surface area contributed by atoms with Gasteiger partial charge in [0.25, 0.3) is 0 Å². The summed E-state index contributed by atoms with van der Waals surface area (Å²) in [5.41, 5.74) is 2.46. The average molecular weight is 301 g/mol. The van der Waals surface area contributed by atoms with Gasteiger partial charge in [-0.25, -0.2) is 4.79 Å². The molecular formula is C18H23NO3. The van der Waals surface area contributed by atoms with Gasteiger partial charge in [-0.05, 0) is 18.4 Å². The second-order valence-electron chi connectivity index (χ2n) is 5.99. The van der Waals surface area contributed by atoms with E-state index in [-0.39, 0.29) is 18.2 Å². The molecule has 1 fully saturated rings. The smallest absolute Gasteiger partial charge is 0.411 e. The number of benzene rings is 1. The van der Waals surface area contributed by atoms with Crippen molar-refractivity contribution in [1.82, 2.24) is 4.90 Å². The van der Waals surface area contributed by atoms with Gasteiger partial charge in [-0.2, -0.15) is 0 Å². The van der Waals surface area contributed by atoms with Crippen molar-refractivity contribution in [3.05, 3.63) is 47.5 Å². The molecule has 4 nitrogen and oxygen atoms in total. The standard InChI is InChI=1S/C18H23NO3/c1-2-6-15-9-16-12-21-13-17(10-15)19(16)18(20)22-11-14-7-4-3-5-8-14/h3-5,7-9,16-17H,2,6,10-13H2,1H3. The predicted octanol–water partition coefficient (Wildman–Crippen LogP) is 3.52. The minimum absolute atomic E-state index is 0.0253. The number of carbonyl (C=O) groups is 1. The number of carbonyl (C=O) groups excluding carboxylic acids is 1. The summed E-state index contributed by atoms with van der Waals surface area (Å²) in [6.07, 6.45) is 5.13. The van der Waals surface area contributed by atoms with E-state index in [9.17, 15) is 4.79 Å². The third-order valence-corrected chi connectivity index (χ3v) is 4.26. The van der Waals surface area contributed by atoms with Crippen LogP contribution in [0.4, 0.5) is 4.79 Å². The van der Waals surface area contributed by atoms with Crippen molar-refractivity contribution in [3.8, 4) is 0 Å². The minimum Gasteiger partial charge on any atom is -0.445 e. The summed E-state index contributed by atoms with van der Waals surface area (Å²) in [5, 5.41) is 0. The maximum absolute atomic E-state index is 12.5. The van der Waals surface area contributed by atoms with E-state index < -0.39 is 0 Å². The van der Waals surface area contributed by atoms with Gasteiger partial charge < -0.3 is 9.47 Å². The molecule has 2 heterocycles. The number of hydrogen-bond acceptors (Lipinski definition) is 3. The number of fused-ring (bicyclic) bond motifs is 2. The van der Waals surface area contributed by atoms with Gasteiger partial charge in [0.15, 0.2) is 0 Å². The van der Waals surface area contributed by atoms with Gasteiger partial charge in [-0.15, -0.1) is 0 Å². The van der Waals surface area contributed by atoms with Crippen molar-refractivity contribution in [3.63, 3.8) is 0 Å². The number of amides is 1. The largest absolute Gasteiger partial charge is 0.445 e. The van der Waals surface area contributed by atoms with Crippen molar-refractivity contribution in [2.45, 2.75) is 44.9 Å². The SMILES string of the molecule is CCCC1=CC2COCC(C1)N2C(=O)OCc1ccccc1. The highest BCUT2D eigenvalue weighted by Crippen LogP contribution is 2.29. The Morgan fingerprint density at radius 3 is 2.86 bits per heavy atom. The molecule has 0 N–H and O–H groups in total. The molecule has 0 radical (unpaired) electrons. The highest BCUT2D eigenvalue weighted by atomic mass is 16.6. The molecule has 4 heteroatoms. The molecule has 22 heavy (non-hydrogen) atoms. The fourth-order valence-electron chi connectivity index (χ4n) is 3.27. The van der Waals surface area contributed by atoms with Crippen molar-refractivity contribution in [1.29, 1.82) is 0 Å². The van der Waals surface area contributed by atoms with Crippen LogP contribution in [0.3, 0.4) is 0 Å². The number of morpholine rings is 1. The van der Waals surface area contributed by atoms with Crippen LogP contribution in [0.25, 0.3) is 0 Å². The fraction of sp³-hybridized carbons (Fsp3) is 0.500. The van der Waals surface area contributed by atoms with E-state index in [1.807, 2.05) is 35.2 Å². The maximum Gasteiger partial charge on any atom is 0.411 e. The van der Waals surface area contributed by atoms with Crippen LogP contribution in [0.15, 0.2) is 42.0 Å². The summed E-state index contributed by atoms with van der Waals surface area (Å²) in [7, 11) is 0. The summed E-state index contributed by atoms with van der Waals surface area (Å²) >= 11 is 0. The predicted molar refractivity (Wildman–Crippen MR) is 84.5 cm³/mol.